The molecular weight excluding hydrogens is 392 g/mol. The summed E-state index contributed by atoms with van der Waals surface area (Å²) in [5, 5.41) is 2.76. The number of carbonyl (C=O) groups excluding carboxylic acids is 1. The van der Waals surface area contributed by atoms with Gasteiger partial charge in [0.25, 0.3) is 5.91 Å². The fraction of sp³-hybridized carbons (Fsp3) is 0.381. The molecule has 1 aliphatic heterocycles. The molecule has 0 aliphatic carbocycles. The molecule has 1 amide bonds. The Morgan fingerprint density at radius 3 is 2.59 bits per heavy atom. The molecule has 0 unspecified atom stereocenters. The first-order valence-corrected chi connectivity index (χ1v) is 11.2. The highest BCUT2D eigenvalue weighted by atomic mass is 32.2. The predicted molar refractivity (Wildman–Crippen MR) is 112 cm³/mol. The minimum atomic E-state index is -3.52. The molecule has 1 N–H and O–H groups in total. The Hall–Kier alpha value is -2.74. The number of nitrogens with zero attached hydrogens (tertiary/aromatic N) is 1. The van der Waals surface area contributed by atoms with Gasteiger partial charge in [0.2, 0.25) is 10.0 Å². The number of amides is 1. The standard InChI is InChI=1S/C21H26N2O5S/c1-4-29(25,26)23-14-20(28-19-8-6-5-7-18(19)23)21(24)22-9-10-27-17-12-15(2)11-16(3)13-17/h5-8,11-13,20H,4,9-10,14H2,1-3H3,(H,22,24)/t20-/m1/s1. The molecule has 1 heterocycles. The fourth-order valence-corrected chi connectivity index (χ4v) is 4.36. The average Bonchev–Trinajstić information content (AvgIpc) is 2.69. The van der Waals surface area contributed by atoms with E-state index >= 15 is 0 Å². The summed E-state index contributed by atoms with van der Waals surface area (Å²) in [6.07, 6.45) is -0.924. The van der Waals surface area contributed by atoms with E-state index in [0.29, 0.717) is 18.0 Å². The third-order valence-corrected chi connectivity index (χ3v) is 6.34. The summed E-state index contributed by atoms with van der Waals surface area (Å²) in [6, 6.07) is 12.7. The van der Waals surface area contributed by atoms with Crippen LogP contribution >= 0.6 is 0 Å². The lowest BCUT2D eigenvalue weighted by Crippen LogP contribution is -2.51. The van der Waals surface area contributed by atoms with Crippen LogP contribution in [0.1, 0.15) is 18.1 Å². The molecule has 0 saturated carbocycles. The number of anilines is 1. The van der Waals surface area contributed by atoms with E-state index in [2.05, 4.69) is 11.4 Å². The van der Waals surface area contributed by atoms with Gasteiger partial charge < -0.3 is 14.8 Å². The lowest BCUT2D eigenvalue weighted by Gasteiger charge is -2.34. The Morgan fingerprint density at radius 1 is 1.21 bits per heavy atom. The van der Waals surface area contributed by atoms with Gasteiger partial charge in [0.1, 0.15) is 18.1 Å². The van der Waals surface area contributed by atoms with Crippen LogP contribution in [0.25, 0.3) is 0 Å². The average molecular weight is 419 g/mol. The van der Waals surface area contributed by atoms with Gasteiger partial charge in [0.15, 0.2) is 6.10 Å². The largest absolute Gasteiger partial charge is 0.492 e. The number of ether oxygens (including phenoxy) is 2. The zero-order valence-corrected chi connectivity index (χ0v) is 17.7. The molecule has 1 aliphatic rings. The molecule has 0 bridgehead atoms. The van der Waals surface area contributed by atoms with Gasteiger partial charge in [0, 0.05) is 0 Å². The monoisotopic (exact) mass is 418 g/mol. The first-order chi connectivity index (χ1) is 13.8. The third kappa shape index (κ3) is 5.00. The predicted octanol–water partition coefficient (Wildman–Crippen LogP) is 2.42. The summed E-state index contributed by atoms with van der Waals surface area (Å²) in [7, 11) is -3.52. The number of aryl methyl sites for hydroxylation is 2. The summed E-state index contributed by atoms with van der Waals surface area (Å²) in [6.45, 7) is 6.10. The first-order valence-electron chi connectivity index (χ1n) is 9.55. The van der Waals surface area contributed by atoms with E-state index in [9.17, 15) is 13.2 Å². The van der Waals surface area contributed by atoms with Crippen LogP contribution < -0.4 is 19.1 Å². The van der Waals surface area contributed by atoms with Crippen LogP contribution in [-0.2, 0) is 14.8 Å². The number of carbonyl (C=O) groups is 1. The number of hydrogen-bond donors (Lipinski definition) is 1. The molecule has 2 aromatic carbocycles. The molecule has 0 radical (unpaired) electrons. The Morgan fingerprint density at radius 2 is 1.90 bits per heavy atom. The van der Waals surface area contributed by atoms with E-state index in [1.807, 2.05) is 26.0 Å². The smallest absolute Gasteiger partial charge is 0.263 e. The quantitative estimate of drug-likeness (QED) is 0.698. The van der Waals surface area contributed by atoms with Crippen molar-refractivity contribution < 1.29 is 22.7 Å². The van der Waals surface area contributed by atoms with Gasteiger partial charge >= 0.3 is 0 Å². The molecule has 1 atom stereocenters. The molecule has 2 aromatic rings. The summed E-state index contributed by atoms with van der Waals surface area (Å²) in [5.74, 6) is 0.696. The van der Waals surface area contributed by atoms with Crippen LogP contribution in [0.5, 0.6) is 11.5 Å². The Bertz CT molecular complexity index is 970. The number of fused-ring (bicyclic) bond motifs is 1. The highest BCUT2D eigenvalue weighted by Crippen LogP contribution is 2.35. The summed E-state index contributed by atoms with van der Waals surface area (Å²) >= 11 is 0. The second-order valence-electron chi connectivity index (χ2n) is 6.97. The van der Waals surface area contributed by atoms with E-state index in [1.165, 1.54) is 4.31 Å². The third-order valence-electron chi connectivity index (χ3n) is 4.59. The molecule has 0 saturated heterocycles. The molecule has 8 heteroatoms. The number of sulfonamides is 1. The Balaban J connectivity index is 1.61. The molecule has 0 spiro atoms. The van der Waals surface area contributed by atoms with Crippen LogP contribution in [0.2, 0.25) is 0 Å². The summed E-state index contributed by atoms with van der Waals surface area (Å²) < 4.78 is 37.6. The maximum Gasteiger partial charge on any atom is 0.263 e. The normalized spacial score (nSPS) is 16.0. The SMILES string of the molecule is CCS(=O)(=O)N1C[C@H](C(=O)NCCOc2cc(C)cc(C)c2)Oc2ccccc21. The van der Waals surface area contributed by atoms with Crippen LogP contribution in [-0.4, -0.2) is 45.9 Å². The van der Waals surface area contributed by atoms with Crippen LogP contribution in [0.15, 0.2) is 42.5 Å². The van der Waals surface area contributed by atoms with E-state index in [-0.39, 0.29) is 24.7 Å². The van der Waals surface area contributed by atoms with Crippen LogP contribution in [0.3, 0.4) is 0 Å². The van der Waals surface area contributed by atoms with Crippen molar-refractivity contribution in [3.63, 3.8) is 0 Å². The van der Waals surface area contributed by atoms with Gasteiger partial charge in [-0.05, 0) is 56.2 Å². The van der Waals surface area contributed by atoms with Crippen molar-refractivity contribution in [1.29, 1.82) is 0 Å². The molecule has 3 rings (SSSR count). The van der Waals surface area contributed by atoms with Crippen molar-refractivity contribution in [1.82, 2.24) is 5.32 Å². The van der Waals surface area contributed by atoms with Crippen molar-refractivity contribution in [3.8, 4) is 11.5 Å². The van der Waals surface area contributed by atoms with Crippen LogP contribution in [0, 0.1) is 13.8 Å². The minimum absolute atomic E-state index is 0.0561. The maximum absolute atomic E-state index is 12.6. The van der Waals surface area contributed by atoms with Gasteiger partial charge in [0.05, 0.1) is 24.5 Å². The fourth-order valence-electron chi connectivity index (χ4n) is 3.23. The lowest BCUT2D eigenvalue weighted by molar-refractivity contribution is -0.127. The molecule has 29 heavy (non-hydrogen) atoms. The topological polar surface area (TPSA) is 84.9 Å². The van der Waals surface area contributed by atoms with Crippen molar-refractivity contribution in [2.45, 2.75) is 26.9 Å². The summed E-state index contributed by atoms with van der Waals surface area (Å²) in [4.78, 5) is 12.6. The maximum atomic E-state index is 12.6. The van der Waals surface area contributed by atoms with E-state index in [1.54, 1.807) is 31.2 Å². The second kappa shape index (κ2) is 8.73. The number of nitrogens with one attached hydrogen (secondary N) is 1. The minimum Gasteiger partial charge on any atom is -0.492 e. The zero-order chi connectivity index (χ0) is 21.0. The molecule has 0 fully saturated rings. The first kappa shape index (κ1) is 21.0. The molecular formula is C21H26N2O5S. The Labute approximate surface area is 171 Å². The number of hydrogen-bond acceptors (Lipinski definition) is 5. The van der Waals surface area contributed by atoms with Gasteiger partial charge in [-0.15, -0.1) is 0 Å². The van der Waals surface area contributed by atoms with E-state index < -0.39 is 16.1 Å². The van der Waals surface area contributed by atoms with E-state index in [4.69, 9.17) is 9.47 Å². The number of para-hydroxylation sites is 2. The van der Waals surface area contributed by atoms with Crippen molar-refractivity contribution in [2.24, 2.45) is 0 Å². The van der Waals surface area contributed by atoms with Gasteiger partial charge in [-0.2, -0.15) is 0 Å². The second-order valence-corrected chi connectivity index (χ2v) is 9.15. The Kier molecular flexibility index (Phi) is 6.32. The van der Waals surface area contributed by atoms with Crippen molar-refractivity contribution in [3.05, 3.63) is 53.6 Å². The van der Waals surface area contributed by atoms with Crippen molar-refractivity contribution >= 4 is 21.6 Å². The zero-order valence-electron chi connectivity index (χ0n) is 16.8. The summed E-state index contributed by atoms with van der Waals surface area (Å²) in [5.41, 5.74) is 2.67. The lowest BCUT2D eigenvalue weighted by atomic mass is 10.1. The van der Waals surface area contributed by atoms with Crippen molar-refractivity contribution in [2.75, 3.05) is 29.8 Å². The molecule has 7 nitrogen and oxygen atoms in total. The van der Waals surface area contributed by atoms with Gasteiger partial charge in [-0.3, -0.25) is 9.10 Å². The molecule has 156 valence electrons. The highest BCUT2D eigenvalue weighted by Gasteiger charge is 2.35. The van der Waals surface area contributed by atoms with E-state index in [0.717, 1.165) is 16.9 Å². The molecule has 0 aromatic heterocycles. The number of benzene rings is 2. The van der Waals surface area contributed by atoms with Gasteiger partial charge in [-0.25, -0.2) is 8.42 Å². The highest BCUT2D eigenvalue weighted by molar-refractivity contribution is 7.92. The van der Waals surface area contributed by atoms with Gasteiger partial charge in [-0.1, -0.05) is 18.2 Å². The number of rotatable bonds is 7. The van der Waals surface area contributed by atoms with Crippen LogP contribution in [0.4, 0.5) is 5.69 Å².